The Morgan fingerprint density at radius 1 is 1.07 bits per heavy atom. The summed E-state index contributed by atoms with van der Waals surface area (Å²) in [5.74, 6) is -0.586. The molecular formula is C21H17BrN4O3S. The minimum atomic E-state index is -0.354. The van der Waals surface area contributed by atoms with Crippen molar-refractivity contribution >= 4 is 61.6 Å². The molecule has 30 heavy (non-hydrogen) atoms. The zero-order valence-electron chi connectivity index (χ0n) is 16.4. The molecule has 1 aromatic carbocycles. The van der Waals surface area contributed by atoms with Gasteiger partial charge in [-0.25, -0.2) is 4.98 Å². The Labute approximate surface area is 184 Å². The number of halogens is 1. The third-order valence-corrected chi connectivity index (χ3v) is 5.91. The van der Waals surface area contributed by atoms with Gasteiger partial charge in [0, 0.05) is 16.3 Å². The Hall–Kier alpha value is -3.04. The van der Waals surface area contributed by atoms with Crippen molar-refractivity contribution in [3.63, 3.8) is 0 Å². The van der Waals surface area contributed by atoms with Gasteiger partial charge >= 0.3 is 0 Å². The SMILES string of the molecule is CC(=O)Nc1ccc(Br)cc1NC(=O)c1cc(-c2ccc(C)s2)nc2onc(C)c12. The number of rotatable bonds is 4. The smallest absolute Gasteiger partial charge is 0.259 e. The van der Waals surface area contributed by atoms with Crippen LogP contribution in [0.5, 0.6) is 0 Å². The van der Waals surface area contributed by atoms with E-state index in [4.69, 9.17) is 4.52 Å². The molecule has 7 nitrogen and oxygen atoms in total. The van der Waals surface area contributed by atoms with Gasteiger partial charge in [-0.2, -0.15) is 0 Å². The number of hydrogen-bond donors (Lipinski definition) is 2. The van der Waals surface area contributed by atoms with E-state index in [1.165, 1.54) is 6.92 Å². The van der Waals surface area contributed by atoms with Crippen molar-refractivity contribution in [1.29, 1.82) is 0 Å². The molecule has 3 aromatic heterocycles. The van der Waals surface area contributed by atoms with Crippen molar-refractivity contribution in [3.05, 3.63) is 57.0 Å². The molecule has 0 atom stereocenters. The summed E-state index contributed by atoms with van der Waals surface area (Å²) < 4.78 is 6.12. The number of anilines is 2. The first-order valence-electron chi connectivity index (χ1n) is 9.04. The van der Waals surface area contributed by atoms with Crippen LogP contribution in [0.15, 0.2) is 45.4 Å². The molecule has 0 spiro atoms. The number of carbonyl (C=O) groups excluding carboxylic acids is 2. The van der Waals surface area contributed by atoms with E-state index in [2.05, 4.69) is 36.7 Å². The lowest BCUT2D eigenvalue weighted by atomic mass is 10.1. The Balaban J connectivity index is 1.79. The number of hydrogen-bond acceptors (Lipinski definition) is 6. The third kappa shape index (κ3) is 3.99. The molecule has 0 unspecified atom stereocenters. The lowest BCUT2D eigenvalue weighted by molar-refractivity contribution is -0.114. The van der Waals surface area contributed by atoms with Crippen LogP contribution in [0.4, 0.5) is 11.4 Å². The fourth-order valence-electron chi connectivity index (χ4n) is 3.08. The number of nitrogens with zero attached hydrogens (tertiary/aromatic N) is 2. The van der Waals surface area contributed by atoms with E-state index in [-0.39, 0.29) is 11.8 Å². The van der Waals surface area contributed by atoms with Crippen molar-refractivity contribution in [2.45, 2.75) is 20.8 Å². The zero-order chi connectivity index (χ0) is 21.4. The molecule has 0 saturated heterocycles. The average Bonchev–Trinajstić information content (AvgIpc) is 3.29. The van der Waals surface area contributed by atoms with Gasteiger partial charge in [-0.3, -0.25) is 9.59 Å². The normalized spacial score (nSPS) is 10.9. The van der Waals surface area contributed by atoms with Crippen LogP contribution in [0.1, 0.15) is 27.9 Å². The summed E-state index contributed by atoms with van der Waals surface area (Å²) in [5, 5.41) is 10.1. The monoisotopic (exact) mass is 484 g/mol. The van der Waals surface area contributed by atoms with E-state index >= 15 is 0 Å². The Kier molecular flexibility index (Phi) is 5.40. The van der Waals surface area contributed by atoms with E-state index in [1.54, 1.807) is 42.5 Å². The number of fused-ring (bicyclic) bond motifs is 1. The number of thiophene rings is 1. The highest BCUT2D eigenvalue weighted by atomic mass is 79.9. The summed E-state index contributed by atoms with van der Waals surface area (Å²) in [5.41, 5.74) is 2.88. The molecule has 0 fully saturated rings. The van der Waals surface area contributed by atoms with Crippen molar-refractivity contribution < 1.29 is 14.1 Å². The molecule has 0 aliphatic carbocycles. The van der Waals surface area contributed by atoms with Crippen LogP contribution in [0.2, 0.25) is 0 Å². The van der Waals surface area contributed by atoms with E-state index in [9.17, 15) is 9.59 Å². The molecule has 4 rings (SSSR count). The number of nitrogens with one attached hydrogen (secondary N) is 2. The van der Waals surface area contributed by atoms with Crippen LogP contribution in [0, 0.1) is 13.8 Å². The topological polar surface area (TPSA) is 97.1 Å². The molecule has 0 aliphatic rings. The molecular weight excluding hydrogens is 468 g/mol. The summed E-state index contributed by atoms with van der Waals surface area (Å²) in [6, 6.07) is 10.9. The molecule has 4 aromatic rings. The maximum atomic E-state index is 13.3. The van der Waals surface area contributed by atoms with Gasteiger partial charge in [0.2, 0.25) is 5.91 Å². The van der Waals surface area contributed by atoms with Crippen LogP contribution < -0.4 is 10.6 Å². The second-order valence-corrected chi connectivity index (χ2v) is 8.94. The van der Waals surface area contributed by atoms with Crippen LogP contribution >= 0.6 is 27.3 Å². The van der Waals surface area contributed by atoms with Crippen molar-refractivity contribution in [2.24, 2.45) is 0 Å². The van der Waals surface area contributed by atoms with E-state index in [0.717, 1.165) is 14.2 Å². The first-order chi connectivity index (χ1) is 14.3. The highest BCUT2D eigenvalue weighted by Crippen LogP contribution is 2.32. The van der Waals surface area contributed by atoms with Crippen molar-refractivity contribution in [3.8, 4) is 10.6 Å². The number of benzene rings is 1. The minimum Gasteiger partial charge on any atom is -0.335 e. The second kappa shape index (κ2) is 8.00. The van der Waals surface area contributed by atoms with Gasteiger partial charge in [-0.1, -0.05) is 21.1 Å². The lowest BCUT2D eigenvalue weighted by Gasteiger charge is -2.13. The van der Waals surface area contributed by atoms with Crippen molar-refractivity contribution in [2.75, 3.05) is 10.6 Å². The van der Waals surface area contributed by atoms with Crippen LogP contribution in [0.3, 0.4) is 0 Å². The number of aromatic nitrogens is 2. The third-order valence-electron chi connectivity index (χ3n) is 4.40. The molecule has 9 heteroatoms. The molecule has 0 radical (unpaired) electrons. The lowest BCUT2D eigenvalue weighted by Crippen LogP contribution is -2.16. The predicted molar refractivity (Wildman–Crippen MR) is 121 cm³/mol. The summed E-state index contributed by atoms with van der Waals surface area (Å²) in [6.07, 6.45) is 0. The number of amides is 2. The summed E-state index contributed by atoms with van der Waals surface area (Å²) in [6.45, 7) is 5.19. The highest BCUT2D eigenvalue weighted by Gasteiger charge is 2.21. The fourth-order valence-corrected chi connectivity index (χ4v) is 4.27. The van der Waals surface area contributed by atoms with Gasteiger partial charge in [-0.15, -0.1) is 11.3 Å². The zero-order valence-corrected chi connectivity index (χ0v) is 18.8. The van der Waals surface area contributed by atoms with Gasteiger partial charge in [0.1, 0.15) is 0 Å². The molecule has 0 saturated carbocycles. The van der Waals surface area contributed by atoms with Gasteiger partial charge in [0.25, 0.3) is 11.6 Å². The Morgan fingerprint density at radius 2 is 1.87 bits per heavy atom. The average molecular weight is 485 g/mol. The molecule has 152 valence electrons. The van der Waals surface area contributed by atoms with Crippen molar-refractivity contribution in [1.82, 2.24) is 10.1 Å². The maximum Gasteiger partial charge on any atom is 0.259 e. The first-order valence-corrected chi connectivity index (χ1v) is 10.6. The second-order valence-electron chi connectivity index (χ2n) is 6.74. The fraction of sp³-hybridized carbons (Fsp3) is 0.143. The molecule has 0 aliphatic heterocycles. The summed E-state index contributed by atoms with van der Waals surface area (Å²) in [4.78, 5) is 31.4. The molecule has 0 bridgehead atoms. The first kappa shape index (κ1) is 20.2. The van der Waals surface area contributed by atoms with Gasteiger partial charge in [0.15, 0.2) is 0 Å². The predicted octanol–water partition coefficient (Wildman–Crippen LogP) is 5.54. The standard InChI is InChI=1S/C21H17BrN4O3S/c1-10-4-7-18(30-10)17-9-14(19-11(2)26-29-21(19)25-17)20(28)24-16-8-13(22)5-6-15(16)23-12(3)27/h4-9H,1-3H3,(H,23,27)(H,24,28). The van der Waals surface area contributed by atoms with E-state index in [0.29, 0.717) is 39.4 Å². The van der Waals surface area contributed by atoms with Gasteiger partial charge < -0.3 is 15.2 Å². The largest absolute Gasteiger partial charge is 0.335 e. The summed E-state index contributed by atoms with van der Waals surface area (Å²) in [7, 11) is 0. The molecule has 2 N–H and O–H groups in total. The number of pyridine rings is 1. The number of aryl methyl sites for hydroxylation is 2. The molecule has 2 amide bonds. The van der Waals surface area contributed by atoms with Crippen LogP contribution in [0.25, 0.3) is 21.7 Å². The van der Waals surface area contributed by atoms with E-state index in [1.807, 2.05) is 19.1 Å². The van der Waals surface area contributed by atoms with E-state index < -0.39 is 0 Å². The van der Waals surface area contributed by atoms with Gasteiger partial charge in [0.05, 0.1) is 38.6 Å². The Morgan fingerprint density at radius 3 is 2.57 bits per heavy atom. The summed E-state index contributed by atoms with van der Waals surface area (Å²) >= 11 is 4.98. The highest BCUT2D eigenvalue weighted by molar-refractivity contribution is 9.10. The minimum absolute atomic E-state index is 0.232. The van der Waals surface area contributed by atoms with Gasteiger partial charge in [-0.05, 0) is 50.2 Å². The molecule has 3 heterocycles. The quantitative estimate of drug-likeness (QED) is 0.396. The maximum absolute atomic E-state index is 13.3. The number of carbonyl (C=O) groups is 2. The van der Waals surface area contributed by atoms with Crippen LogP contribution in [-0.2, 0) is 4.79 Å². The Bertz CT molecular complexity index is 1290. The van der Waals surface area contributed by atoms with Crippen LogP contribution in [-0.4, -0.2) is 22.0 Å².